The van der Waals surface area contributed by atoms with Gasteiger partial charge in [-0.15, -0.1) is 11.3 Å². The van der Waals surface area contributed by atoms with E-state index in [1.165, 1.54) is 0 Å². The molecule has 2 N–H and O–H groups in total. The highest BCUT2D eigenvalue weighted by molar-refractivity contribution is 7.16. The van der Waals surface area contributed by atoms with E-state index in [0.717, 1.165) is 59.5 Å². The second-order valence-corrected chi connectivity index (χ2v) is 9.60. The van der Waals surface area contributed by atoms with Crippen molar-refractivity contribution in [2.75, 3.05) is 20.1 Å². The molecule has 1 saturated heterocycles. The summed E-state index contributed by atoms with van der Waals surface area (Å²) in [6, 6.07) is 7.87. The summed E-state index contributed by atoms with van der Waals surface area (Å²) in [5.41, 5.74) is 2.93. The van der Waals surface area contributed by atoms with Crippen LogP contribution in [-0.2, 0) is 16.0 Å². The molecule has 0 aliphatic carbocycles. The lowest BCUT2D eigenvalue weighted by molar-refractivity contribution is -0.122. The number of amides is 2. The van der Waals surface area contributed by atoms with Crippen LogP contribution in [0.1, 0.15) is 29.9 Å². The van der Waals surface area contributed by atoms with E-state index < -0.39 is 0 Å². The van der Waals surface area contributed by atoms with Gasteiger partial charge in [0.1, 0.15) is 16.3 Å². The number of aromatic amines is 1. The van der Waals surface area contributed by atoms with E-state index in [0.29, 0.717) is 22.8 Å². The fraction of sp³-hybridized carbons (Fsp3) is 0.292. The minimum absolute atomic E-state index is 0.362. The van der Waals surface area contributed by atoms with Gasteiger partial charge in [0.05, 0.1) is 16.7 Å². The topological polar surface area (TPSA) is 82.5 Å². The third-order valence-electron chi connectivity index (χ3n) is 6.67. The van der Waals surface area contributed by atoms with Crippen molar-refractivity contribution in [3.63, 3.8) is 0 Å². The number of fused-ring (bicyclic) bond motifs is 2. The van der Waals surface area contributed by atoms with Gasteiger partial charge in [-0.3, -0.25) is 14.9 Å². The number of rotatable bonds is 4. The van der Waals surface area contributed by atoms with Crippen molar-refractivity contribution in [1.82, 2.24) is 24.6 Å². The zero-order valence-corrected chi connectivity index (χ0v) is 18.5. The maximum absolute atomic E-state index is 13.0. The molecular weight excluding hydrogens is 422 g/mol. The first-order valence-corrected chi connectivity index (χ1v) is 11.8. The van der Waals surface area contributed by atoms with Crippen LogP contribution >= 0.6 is 11.3 Å². The third kappa shape index (κ3) is 3.02. The number of hydrogen-bond donors (Lipinski definition) is 2. The van der Waals surface area contributed by atoms with Crippen LogP contribution in [0, 0.1) is 5.92 Å². The van der Waals surface area contributed by atoms with Gasteiger partial charge in [-0.1, -0.05) is 6.07 Å². The van der Waals surface area contributed by atoms with E-state index in [1.807, 2.05) is 42.0 Å². The zero-order valence-electron chi connectivity index (χ0n) is 17.7. The van der Waals surface area contributed by atoms with Crippen LogP contribution in [0.25, 0.3) is 26.9 Å². The predicted octanol–water partition coefficient (Wildman–Crippen LogP) is 3.33. The molecule has 7 nitrogen and oxygen atoms in total. The van der Waals surface area contributed by atoms with Gasteiger partial charge in [0.25, 0.3) is 11.8 Å². The molecule has 0 radical (unpaired) electrons. The van der Waals surface area contributed by atoms with Gasteiger partial charge in [0.15, 0.2) is 0 Å². The van der Waals surface area contributed by atoms with Crippen molar-refractivity contribution in [2.45, 2.75) is 19.3 Å². The summed E-state index contributed by atoms with van der Waals surface area (Å²) in [7, 11) is 2.16. The molecule has 4 aromatic heterocycles. The number of hydrogen-bond acceptors (Lipinski definition) is 5. The van der Waals surface area contributed by atoms with E-state index >= 15 is 0 Å². The van der Waals surface area contributed by atoms with Gasteiger partial charge < -0.3 is 14.3 Å². The third-order valence-corrected chi connectivity index (χ3v) is 7.52. The summed E-state index contributed by atoms with van der Waals surface area (Å²) < 4.78 is 2.08. The standard InChI is InChI=1S/C24H23N5O2S/c1-28-9-5-14(6-10-28)12-18-26-21(17-4-2-3-8-29(17)18)20-19(22(30)27-23(20)31)16-13-25-24-15(16)7-11-32-24/h2-4,7-8,11,13-14,25H,5-6,9-10,12H2,1H3,(H,27,30,31). The summed E-state index contributed by atoms with van der Waals surface area (Å²) in [5, 5.41) is 5.43. The Morgan fingerprint density at radius 2 is 1.94 bits per heavy atom. The van der Waals surface area contributed by atoms with Crippen LogP contribution in [0.2, 0.25) is 0 Å². The molecule has 2 aliphatic rings. The number of nitrogens with one attached hydrogen (secondary N) is 2. The number of imide groups is 1. The van der Waals surface area contributed by atoms with Gasteiger partial charge >= 0.3 is 0 Å². The largest absolute Gasteiger partial charge is 0.352 e. The molecule has 2 aliphatic heterocycles. The molecule has 0 atom stereocenters. The number of H-pyrrole nitrogens is 1. The average molecular weight is 446 g/mol. The minimum atomic E-state index is -0.385. The quantitative estimate of drug-likeness (QED) is 0.472. The van der Waals surface area contributed by atoms with Crippen molar-refractivity contribution in [1.29, 1.82) is 0 Å². The lowest BCUT2D eigenvalue weighted by Gasteiger charge is -2.28. The highest BCUT2D eigenvalue weighted by Gasteiger charge is 2.36. The second-order valence-electron chi connectivity index (χ2n) is 8.68. The van der Waals surface area contributed by atoms with Gasteiger partial charge in [-0.25, -0.2) is 4.98 Å². The highest BCUT2D eigenvalue weighted by Crippen LogP contribution is 2.37. The molecule has 1 fully saturated rings. The van der Waals surface area contributed by atoms with Gasteiger partial charge in [-0.2, -0.15) is 0 Å². The number of likely N-dealkylation sites (tertiary alicyclic amines) is 1. The Morgan fingerprint density at radius 1 is 1.12 bits per heavy atom. The molecule has 162 valence electrons. The Bertz CT molecular complexity index is 1400. The molecule has 0 unspecified atom stereocenters. The fourth-order valence-corrected chi connectivity index (χ4v) is 5.72. The van der Waals surface area contributed by atoms with Crippen LogP contribution in [0.4, 0.5) is 0 Å². The van der Waals surface area contributed by atoms with Crippen molar-refractivity contribution in [3.05, 3.63) is 59.1 Å². The van der Waals surface area contributed by atoms with Gasteiger partial charge in [0.2, 0.25) is 0 Å². The van der Waals surface area contributed by atoms with E-state index in [9.17, 15) is 9.59 Å². The zero-order chi connectivity index (χ0) is 21.8. The maximum Gasteiger partial charge on any atom is 0.261 e. The van der Waals surface area contributed by atoms with Gasteiger partial charge in [-0.05, 0) is 62.5 Å². The molecule has 4 aromatic rings. The smallest absolute Gasteiger partial charge is 0.261 e. The van der Waals surface area contributed by atoms with Crippen molar-refractivity contribution in [2.24, 2.45) is 5.92 Å². The van der Waals surface area contributed by atoms with E-state index in [-0.39, 0.29) is 11.8 Å². The molecule has 0 bridgehead atoms. The summed E-state index contributed by atoms with van der Waals surface area (Å²) in [6.45, 7) is 2.19. The Balaban J connectivity index is 1.51. The molecule has 6 heterocycles. The highest BCUT2D eigenvalue weighted by atomic mass is 32.1. The lowest BCUT2D eigenvalue weighted by atomic mass is 9.93. The number of pyridine rings is 1. The second kappa shape index (κ2) is 7.43. The maximum atomic E-state index is 13.0. The molecule has 32 heavy (non-hydrogen) atoms. The fourth-order valence-electron chi connectivity index (χ4n) is 4.95. The Labute approximate surface area is 188 Å². The molecule has 8 heteroatoms. The van der Waals surface area contributed by atoms with Crippen molar-refractivity contribution >= 4 is 50.0 Å². The monoisotopic (exact) mass is 445 g/mol. The number of nitrogens with zero attached hydrogens (tertiary/aromatic N) is 3. The van der Waals surface area contributed by atoms with Crippen molar-refractivity contribution < 1.29 is 9.59 Å². The molecule has 2 amide bonds. The molecule has 0 aromatic carbocycles. The first-order valence-electron chi connectivity index (χ1n) is 10.9. The summed E-state index contributed by atoms with van der Waals surface area (Å²) in [6.07, 6.45) is 6.95. The Kier molecular flexibility index (Phi) is 4.51. The number of imidazole rings is 1. The van der Waals surface area contributed by atoms with Crippen LogP contribution in [0.5, 0.6) is 0 Å². The number of carbonyl (C=O) groups is 2. The SMILES string of the molecule is CN1CCC(Cc2nc(C3=C(c4c[nH]c5sccc45)C(=O)NC3=O)c3ccccn23)CC1. The number of aromatic nitrogens is 3. The molecular formula is C24H23N5O2S. The van der Waals surface area contributed by atoms with Crippen molar-refractivity contribution in [3.8, 4) is 0 Å². The average Bonchev–Trinajstić information content (AvgIpc) is 3.53. The lowest BCUT2D eigenvalue weighted by Crippen LogP contribution is -2.31. The van der Waals surface area contributed by atoms with Gasteiger partial charge in [0, 0.05) is 29.8 Å². The number of thiophene rings is 1. The van der Waals surface area contributed by atoms with E-state index in [4.69, 9.17) is 4.98 Å². The number of carbonyl (C=O) groups excluding carboxylic acids is 2. The summed E-state index contributed by atoms with van der Waals surface area (Å²) in [4.78, 5) is 37.4. The van der Waals surface area contributed by atoms with E-state index in [1.54, 1.807) is 11.3 Å². The number of piperidine rings is 1. The first-order chi connectivity index (χ1) is 15.6. The van der Waals surface area contributed by atoms with Crippen LogP contribution in [-0.4, -0.2) is 51.2 Å². The molecule has 0 saturated carbocycles. The van der Waals surface area contributed by atoms with Crippen LogP contribution in [0.15, 0.2) is 42.0 Å². The van der Waals surface area contributed by atoms with Crippen LogP contribution < -0.4 is 5.32 Å². The summed E-state index contributed by atoms with van der Waals surface area (Å²) in [5.74, 6) is 0.752. The normalized spacial score (nSPS) is 18.4. The summed E-state index contributed by atoms with van der Waals surface area (Å²) >= 11 is 1.57. The minimum Gasteiger partial charge on any atom is -0.352 e. The molecule has 0 spiro atoms. The van der Waals surface area contributed by atoms with Crippen LogP contribution in [0.3, 0.4) is 0 Å². The Hall–Kier alpha value is -3.23. The first kappa shape index (κ1) is 19.5. The Morgan fingerprint density at radius 3 is 2.78 bits per heavy atom. The van der Waals surface area contributed by atoms with E-state index in [2.05, 4.69) is 26.6 Å². The molecule has 6 rings (SSSR count). The predicted molar refractivity (Wildman–Crippen MR) is 125 cm³/mol.